The van der Waals surface area contributed by atoms with Gasteiger partial charge in [0.15, 0.2) is 0 Å². The second-order valence-electron chi connectivity index (χ2n) is 5.00. The van der Waals surface area contributed by atoms with Crippen molar-refractivity contribution in [3.63, 3.8) is 0 Å². The number of carbonyl (C=O) groups excluding carboxylic acids is 1. The summed E-state index contributed by atoms with van der Waals surface area (Å²) in [5.74, 6) is -0.0280. The average Bonchev–Trinajstić information content (AvgIpc) is 2.37. The van der Waals surface area contributed by atoms with Crippen molar-refractivity contribution in [1.29, 1.82) is 0 Å². The van der Waals surface area contributed by atoms with Crippen molar-refractivity contribution in [2.24, 2.45) is 0 Å². The van der Waals surface area contributed by atoms with E-state index >= 15 is 0 Å². The highest BCUT2D eigenvalue weighted by atomic mass is 35.5. The summed E-state index contributed by atoms with van der Waals surface area (Å²) in [6.07, 6.45) is 12.2. The number of rotatable bonds is 13. The van der Waals surface area contributed by atoms with Crippen molar-refractivity contribution in [2.45, 2.75) is 71.1 Å². The Labute approximate surface area is 125 Å². The largest absolute Gasteiger partial charge is 1.00 e. The number of nitrogens with two attached hydrogens (primary N) is 1. The highest BCUT2D eigenvalue weighted by Crippen LogP contribution is 2.10. The zero-order valence-electron chi connectivity index (χ0n) is 12.8. The molecule has 0 atom stereocenters. The first-order chi connectivity index (χ1) is 8.81. The van der Waals surface area contributed by atoms with Gasteiger partial charge in [0.2, 0.25) is 0 Å². The molecule has 0 saturated carbocycles. The van der Waals surface area contributed by atoms with Crippen LogP contribution in [0.3, 0.4) is 0 Å². The van der Waals surface area contributed by atoms with Gasteiger partial charge >= 0.3 is 5.97 Å². The van der Waals surface area contributed by atoms with Crippen molar-refractivity contribution in [2.75, 3.05) is 20.2 Å². The second-order valence-corrected chi connectivity index (χ2v) is 5.00. The van der Waals surface area contributed by atoms with Crippen LogP contribution in [-0.2, 0) is 9.53 Å². The van der Waals surface area contributed by atoms with Crippen LogP contribution in [-0.4, -0.2) is 26.2 Å². The number of hydrogen-bond acceptors (Lipinski definition) is 2. The zero-order valence-corrected chi connectivity index (χ0v) is 13.5. The van der Waals surface area contributed by atoms with E-state index in [0.29, 0.717) is 13.0 Å². The molecule has 0 amide bonds. The molecule has 0 spiro atoms. The van der Waals surface area contributed by atoms with Crippen LogP contribution in [0, 0.1) is 0 Å². The number of esters is 1. The summed E-state index contributed by atoms with van der Waals surface area (Å²) in [6, 6.07) is 0. The second kappa shape index (κ2) is 17.7. The van der Waals surface area contributed by atoms with E-state index in [2.05, 4.69) is 6.92 Å². The van der Waals surface area contributed by atoms with Crippen LogP contribution in [0.15, 0.2) is 0 Å². The molecule has 0 aliphatic rings. The minimum Gasteiger partial charge on any atom is -1.00 e. The summed E-state index contributed by atoms with van der Waals surface area (Å²) in [7, 11) is 1.98. The molecule has 0 radical (unpaired) electrons. The number of carbonyl (C=O) groups is 1. The molecule has 2 N–H and O–H groups in total. The Balaban J connectivity index is 0. The van der Waals surface area contributed by atoms with Gasteiger partial charge in [0.25, 0.3) is 0 Å². The quantitative estimate of drug-likeness (QED) is 0.373. The van der Waals surface area contributed by atoms with Gasteiger partial charge in [-0.15, -0.1) is 0 Å². The maximum atomic E-state index is 11.3. The van der Waals surface area contributed by atoms with Gasteiger partial charge < -0.3 is 22.5 Å². The number of quaternary nitrogens is 1. The SMILES string of the molecule is CCCCCCCCCCCC(=O)OCC[NH2+]C.[Cl-]. The summed E-state index contributed by atoms with van der Waals surface area (Å²) in [4.78, 5) is 11.3. The first-order valence-electron chi connectivity index (χ1n) is 7.74. The number of ether oxygens (including phenoxy) is 1. The summed E-state index contributed by atoms with van der Waals surface area (Å²) in [6.45, 7) is 3.66. The van der Waals surface area contributed by atoms with Gasteiger partial charge in [0.1, 0.15) is 13.2 Å². The zero-order chi connectivity index (χ0) is 13.5. The molecule has 0 heterocycles. The molecular weight excluding hydrogens is 262 g/mol. The van der Waals surface area contributed by atoms with Gasteiger partial charge in [-0.3, -0.25) is 4.79 Å². The Hall–Kier alpha value is -0.280. The normalized spacial score (nSPS) is 10.0. The summed E-state index contributed by atoms with van der Waals surface area (Å²) < 4.78 is 5.08. The Kier molecular flexibility index (Phi) is 19.6. The van der Waals surface area contributed by atoms with Crippen LogP contribution < -0.4 is 17.7 Å². The predicted octanol–water partition coefficient (Wildman–Crippen LogP) is -0.352. The van der Waals surface area contributed by atoms with Crippen LogP contribution in [0.2, 0.25) is 0 Å². The molecule has 0 fully saturated rings. The minimum absolute atomic E-state index is 0. The molecule has 116 valence electrons. The molecule has 0 rings (SSSR count). The number of halogens is 1. The van der Waals surface area contributed by atoms with E-state index in [1.54, 1.807) is 0 Å². The van der Waals surface area contributed by atoms with Crippen LogP contribution in [0.5, 0.6) is 0 Å². The fourth-order valence-electron chi connectivity index (χ4n) is 1.94. The lowest BCUT2D eigenvalue weighted by Crippen LogP contribution is -3.00. The lowest BCUT2D eigenvalue weighted by atomic mass is 10.1. The topological polar surface area (TPSA) is 42.9 Å². The molecule has 0 unspecified atom stereocenters. The predicted molar refractivity (Wildman–Crippen MR) is 75.5 cm³/mol. The standard InChI is InChI=1S/C15H31NO2.ClH/c1-3-4-5-6-7-8-9-10-11-12-15(17)18-14-13-16-2;/h16H,3-14H2,1-2H3;1H. The number of unbranched alkanes of at least 4 members (excludes halogenated alkanes) is 8. The van der Waals surface area contributed by atoms with Gasteiger partial charge in [-0.05, 0) is 6.42 Å². The Bertz CT molecular complexity index is 189. The van der Waals surface area contributed by atoms with Crippen LogP contribution >= 0.6 is 0 Å². The molecule has 0 bridgehead atoms. The van der Waals surface area contributed by atoms with E-state index in [0.717, 1.165) is 13.0 Å². The van der Waals surface area contributed by atoms with Crippen molar-refractivity contribution < 1.29 is 27.3 Å². The Morgan fingerprint density at radius 3 is 2.00 bits per heavy atom. The summed E-state index contributed by atoms with van der Waals surface area (Å²) in [5.41, 5.74) is 0. The molecule has 0 saturated heterocycles. The van der Waals surface area contributed by atoms with E-state index in [4.69, 9.17) is 4.74 Å². The van der Waals surface area contributed by atoms with Gasteiger partial charge in [-0.25, -0.2) is 0 Å². The van der Waals surface area contributed by atoms with Gasteiger partial charge in [-0.1, -0.05) is 58.3 Å². The van der Waals surface area contributed by atoms with Crippen molar-refractivity contribution in [3.8, 4) is 0 Å². The lowest BCUT2D eigenvalue weighted by molar-refractivity contribution is -0.628. The van der Waals surface area contributed by atoms with E-state index in [9.17, 15) is 4.79 Å². The molecule has 0 aromatic heterocycles. The van der Waals surface area contributed by atoms with E-state index in [1.165, 1.54) is 51.4 Å². The third-order valence-electron chi connectivity index (χ3n) is 3.15. The van der Waals surface area contributed by atoms with E-state index < -0.39 is 0 Å². The van der Waals surface area contributed by atoms with Gasteiger partial charge in [-0.2, -0.15) is 0 Å². The third kappa shape index (κ3) is 17.7. The van der Waals surface area contributed by atoms with Crippen LogP contribution in [0.25, 0.3) is 0 Å². The maximum Gasteiger partial charge on any atom is 0.305 e. The molecule has 0 aliphatic carbocycles. The Morgan fingerprint density at radius 1 is 0.947 bits per heavy atom. The smallest absolute Gasteiger partial charge is 0.305 e. The highest BCUT2D eigenvalue weighted by Gasteiger charge is 2.02. The van der Waals surface area contributed by atoms with Crippen LogP contribution in [0.1, 0.15) is 71.1 Å². The molecule has 3 nitrogen and oxygen atoms in total. The minimum atomic E-state index is -0.0280. The molecule has 0 aliphatic heterocycles. The summed E-state index contributed by atoms with van der Waals surface area (Å²) >= 11 is 0. The van der Waals surface area contributed by atoms with E-state index in [1.807, 2.05) is 12.4 Å². The van der Waals surface area contributed by atoms with Crippen molar-refractivity contribution in [1.82, 2.24) is 0 Å². The fraction of sp³-hybridized carbons (Fsp3) is 0.933. The summed E-state index contributed by atoms with van der Waals surface area (Å²) in [5, 5.41) is 2.02. The Morgan fingerprint density at radius 2 is 1.47 bits per heavy atom. The lowest BCUT2D eigenvalue weighted by Gasteiger charge is -2.03. The molecule has 19 heavy (non-hydrogen) atoms. The van der Waals surface area contributed by atoms with Crippen LogP contribution in [0.4, 0.5) is 0 Å². The first-order valence-corrected chi connectivity index (χ1v) is 7.74. The number of hydrogen-bond donors (Lipinski definition) is 1. The maximum absolute atomic E-state index is 11.3. The van der Waals surface area contributed by atoms with Gasteiger partial charge in [0.05, 0.1) is 7.05 Å². The molecule has 0 aromatic rings. The number of likely N-dealkylation sites (N-methyl/N-ethyl adjacent to an activating group) is 1. The highest BCUT2D eigenvalue weighted by molar-refractivity contribution is 5.69. The van der Waals surface area contributed by atoms with Crippen molar-refractivity contribution in [3.05, 3.63) is 0 Å². The van der Waals surface area contributed by atoms with Gasteiger partial charge in [0, 0.05) is 6.42 Å². The fourth-order valence-corrected chi connectivity index (χ4v) is 1.94. The monoisotopic (exact) mass is 293 g/mol. The molecule has 4 heteroatoms. The van der Waals surface area contributed by atoms with E-state index in [-0.39, 0.29) is 18.4 Å². The average molecular weight is 294 g/mol. The molecular formula is C15H32ClNO2. The third-order valence-corrected chi connectivity index (χ3v) is 3.15. The van der Waals surface area contributed by atoms with Crippen molar-refractivity contribution >= 4 is 5.97 Å². The molecule has 0 aromatic carbocycles. The first kappa shape index (κ1) is 21.0.